The van der Waals surface area contributed by atoms with Crippen LogP contribution in [0.4, 0.5) is 0 Å². The van der Waals surface area contributed by atoms with Crippen molar-refractivity contribution in [1.82, 2.24) is 20.1 Å². The molecule has 1 saturated heterocycles. The summed E-state index contributed by atoms with van der Waals surface area (Å²) in [7, 11) is 1.62. The second-order valence-electron chi connectivity index (χ2n) is 4.52. The average molecular weight is 262 g/mol. The van der Waals surface area contributed by atoms with E-state index in [0.29, 0.717) is 19.6 Å². The van der Waals surface area contributed by atoms with Gasteiger partial charge in [0.15, 0.2) is 0 Å². The van der Waals surface area contributed by atoms with Gasteiger partial charge in [-0.15, -0.1) is 0 Å². The highest BCUT2D eigenvalue weighted by molar-refractivity contribution is 6.34. The Hall–Kier alpha value is -1.95. The van der Waals surface area contributed by atoms with Crippen LogP contribution in [-0.2, 0) is 16.1 Å². The van der Waals surface area contributed by atoms with Crippen LogP contribution in [0.3, 0.4) is 0 Å². The Morgan fingerprint density at radius 3 is 2.74 bits per heavy atom. The summed E-state index contributed by atoms with van der Waals surface area (Å²) >= 11 is 0. The van der Waals surface area contributed by atoms with Crippen LogP contribution in [0.15, 0.2) is 24.4 Å². The Morgan fingerprint density at radius 1 is 1.37 bits per heavy atom. The number of piperazine rings is 1. The first-order chi connectivity index (χ1) is 9.18. The summed E-state index contributed by atoms with van der Waals surface area (Å²) in [5.74, 6) is -0.910. The van der Waals surface area contributed by atoms with E-state index in [1.54, 1.807) is 18.1 Å². The molecule has 0 aliphatic carbocycles. The van der Waals surface area contributed by atoms with Crippen LogP contribution in [0.25, 0.3) is 0 Å². The molecule has 102 valence electrons. The third-order valence-corrected chi connectivity index (χ3v) is 3.06. The highest BCUT2D eigenvalue weighted by Gasteiger charge is 2.26. The van der Waals surface area contributed by atoms with Crippen LogP contribution < -0.4 is 5.32 Å². The van der Waals surface area contributed by atoms with Gasteiger partial charge in [0.05, 0.1) is 12.2 Å². The number of rotatable bonds is 2. The normalized spacial score (nSPS) is 15.1. The lowest BCUT2D eigenvalue weighted by Crippen LogP contribution is -2.51. The quantitative estimate of drug-likeness (QED) is 0.728. The van der Waals surface area contributed by atoms with Gasteiger partial charge in [-0.2, -0.15) is 0 Å². The molecule has 0 bridgehead atoms. The maximum atomic E-state index is 12.0. The number of carbonyl (C=O) groups is 2. The molecule has 1 aromatic heterocycles. The first-order valence-corrected chi connectivity index (χ1v) is 6.33. The van der Waals surface area contributed by atoms with Crippen molar-refractivity contribution in [2.75, 3.05) is 33.2 Å². The van der Waals surface area contributed by atoms with E-state index in [1.165, 1.54) is 4.90 Å². The van der Waals surface area contributed by atoms with Crippen LogP contribution in [0.2, 0.25) is 0 Å². The SMILES string of the molecule is CN(Cc1ccccn1)C(=O)C(=O)N1CCNCC1. The van der Waals surface area contributed by atoms with E-state index in [2.05, 4.69) is 10.3 Å². The lowest BCUT2D eigenvalue weighted by atomic mass is 10.3. The van der Waals surface area contributed by atoms with Gasteiger partial charge < -0.3 is 15.1 Å². The highest BCUT2D eigenvalue weighted by Crippen LogP contribution is 2.02. The van der Waals surface area contributed by atoms with Crippen molar-refractivity contribution < 1.29 is 9.59 Å². The number of carbonyl (C=O) groups excluding carboxylic acids is 2. The largest absolute Gasteiger partial charge is 0.332 e. The molecular weight excluding hydrogens is 244 g/mol. The van der Waals surface area contributed by atoms with Crippen LogP contribution in [0.5, 0.6) is 0 Å². The van der Waals surface area contributed by atoms with Crippen LogP contribution in [0.1, 0.15) is 5.69 Å². The van der Waals surface area contributed by atoms with E-state index in [1.807, 2.05) is 18.2 Å². The molecule has 0 radical (unpaired) electrons. The average Bonchev–Trinajstić information content (AvgIpc) is 2.47. The van der Waals surface area contributed by atoms with E-state index in [4.69, 9.17) is 0 Å². The Labute approximate surface area is 112 Å². The number of pyridine rings is 1. The van der Waals surface area contributed by atoms with Crippen molar-refractivity contribution in [2.45, 2.75) is 6.54 Å². The molecule has 1 N–H and O–H groups in total. The van der Waals surface area contributed by atoms with E-state index in [0.717, 1.165) is 18.8 Å². The molecule has 1 aliphatic heterocycles. The molecule has 0 spiro atoms. The number of amides is 2. The minimum absolute atomic E-state index is 0.345. The molecule has 2 heterocycles. The summed E-state index contributed by atoms with van der Waals surface area (Å²) in [6.07, 6.45) is 1.67. The molecule has 2 rings (SSSR count). The van der Waals surface area contributed by atoms with Crippen molar-refractivity contribution in [3.8, 4) is 0 Å². The monoisotopic (exact) mass is 262 g/mol. The predicted octanol–water partition coefficient (Wildman–Crippen LogP) is -0.528. The first kappa shape index (κ1) is 13.5. The predicted molar refractivity (Wildman–Crippen MR) is 70.2 cm³/mol. The van der Waals surface area contributed by atoms with Crippen LogP contribution in [0, 0.1) is 0 Å². The van der Waals surface area contributed by atoms with E-state index in [9.17, 15) is 9.59 Å². The Kier molecular flexibility index (Phi) is 4.46. The van der Waals surface area contributed by atoms with Crippen molar-refractivity contribution in [2.24, 2.45) is 0 Å². The zero-order chi connectivity index (χ0) is 13.7. The molecule has 0 aromatic carbocycles. The van der Waals surface area contributed by atoms with Gasteiger partial charge in [0.25, 0.3) is 0 Å². The molecule has 0 unspecified atom stereocenters. The minimum Gasteiger partial charge on any atom is -0.332 e. The Balaban J connectivity index is 1.93. The summed E-state index contributed by atoms with van der Waals surface area (Å²) in [6, 6.07) is 5.51. The summed E-state index contributed by atoms with van der Waals surface area (Å²) in [5, 5.41) is 3.15. The number of aromatic nitrogens is 1. The van der Waals surface area contributed by atoms with E-state index >= 15 is 0 Å². The molecule has 6 heteroatoms. The lowest BCUT2D eigenvalue weighted by molar-refractivity contribution is -0.151. The standard InChI is InChI=1S/C13H18N4O2/c1-16(10-11-4-2-3-5-15-11)12(18)13(19)17-8-6-14-7-9-17/h2-5,14H,6-10H2,1H3. The molecule has 6 nitrogen and oxygen atoms in total. The highest BCUT2D eigenvalue weighted by atomic mass is 16.2. The van der Waals surface area contributed by atoms with Crippen molar-refractivity contribution in [3.63, 3.8) is 0 Å². The summed E-state index contributed by atoms with van der Waals surface area (Å²) in [6.45, 7) is 2.99. The van der Waals surface area contributed by atoms with E-state index < -0.39 is 11.8 Å². The van der Waals surface area contributed by atoms with Gasteiger partial charge in [-0.3, -0.25) is 14.6 Å². The number of nitrogens with one attached hydrogen (secondary N) is 1. The van der Waals surface area contributed by atoms with Gasteiger partial charge in [-0.05, 0) is 12.1 Å². The second kappa shape index (κ2) is 6.29. The molecule has 1 fully saturated rings. The second-order valence-corrected chi connectivity index (χ2v) is 4.52. The topological polar surface area (TPSA) is 65.5 Å². The fraction of sp³-hybridized carbons (Fsp3) is 0.462. The van der Waals surface area contributed by atoms with Gasteiger partial charge in [0.2, 0.25) is 0 Å². The third kappa shape index (κ3) is 3.51. The summed E-state index contributed by atoms with van der Waals surface area (Å²) < 4.78 is 0. The van der Waals surface area contributed by atoms with E-state index in [-0.39, 0.29) is 0 Å². The molecular formula is C13H18N4O2. The first-order valence-electron chi connectivity index (χ1n) is 6.33. The summed E-state index contributed by atoms with van der Waals surface area (Å²) in [5.41, 5.74) is 0.770. The molecule has 2 amide bonds. The molecule has 1 aromatic rings. The molecule has 0 saturated carbocycles. The van der Waals surface area contributed by atoms with Crippen molar-refractivity contribution >= 4 is 11.8 Å². The number of hydrogen-bond acceptors (Lipinski definition) is 4. The van der Waals surface area contributed by atoms with Gasteiger partial charge in [-0.1, -0.05) is 6.07 Å². The zero-order valence-corrected chi connectivity index (χ0v) is 11.0. The molecule has 0 atom stereocenters. The maximum Gasteiger partial charge on any atom is 0.312 e. The van der Waals surface area contributed by atoms with Gasteiger partial charge >= 0.3 is 11.8 Å². The lowest BCUT2D eigenvalue weighted by Gasteiger charge is -2.28. The van der Waals surface area contributed by atoms with Gasteiger partial charge in [0, 0.05) is 39.4 Å². The minimum atomic E-state index is -0.479. The summed E-state index contributed by atoms with van der Waals surface area (Å²) in [4.78, 5) is 31.2. The third-order valence-electron chi connectivity index (χ3n) is 3.06. The van der Waals surface area contributed by atoms with Gasteiger partial charge in [-0.25, -0.2) is 0 Å². The number of hydrogen-bond donors (Lipinski definition) is 1. The fourth-order valence-electron chi connectivity index (χ4n) is 1.97. The van der Waals surface area contributed by atoms with Crippen LogP contribution in [-0.4, -0.2) is 59.8 Å². The Bertz CT molecular complexity index is 443. The molecule has 1 aliphatic rings. The zero-order valence-electron chi connectivity index (χ0n) is 11.0. The molecule has 19 heavy (non-hydrogen) atoms. The van der Waals surface area contributed by atoms with Crippen molar-refractivity contribution in [3.05, 3.63) is 30.1 Å². The smallest absolute Gasteiger partial charge is 0.312 e. The maximum absolute atomic E-state index is 12.0. The Morgan fingerprint density at radius 2 is 2.11 bits per heavy atom. The number of likely N-dealkylation sites (N-methyl/N-ethyl adjacent to an activating group) is 1. The van der Waals surface area contributed by atoms with Gasteiger partial charge in [0.1, 0.15) is 0 Å². The van der Waals surface area contributed by atoms with Crippen LogP contribution >= 0.6 is 0 Å². The number of nitrogens with zero attached hydrogens (tertiary/aromatic N) is 3. The fourth-order valence-corrected chi connectivity index (χ4v) is 1.97. The van der Waals surface area contributed by atoms with Crippen molar-refractivity contribution in [1.29, 1.82) is 0 Å².